The summed E-state index contributed by atoms with van der Waals surface area (Å²) >= 11 is 0. The van der Waals surface area contributed by atoms with E-state index >= 15 is 0 Å². The van der Waals surface area contributed by atoms with Crippen molar-refractivity contribution in [3.8, 4) is 11.5 Å². The number of nitrogens with one attached hydrogen (secondary N) is 2. The Bertz CT molecular complexity index is 1210. The maximum absolute atomic E-state index is 13.0. The molecule has 1 heterocycles. The van der Waals surface area contributed by atoms with Crippen molar-refractivity contribution in [3.05, 3.63) is 57.1 Å². The molecule has 0 aliphatic carbocycles. The lowest BCUT2D eigenvalue weighted by Gasteiger charge is -2.21. The highest BCUT2D eigenvalue weighted by Crippen LogP contribution is 2.31. The average Bonchev–Trinajstić information content (AvgIpc) is 2.67. The molecule has 1 aromatic heterocycles. The molecule has 0 atom stereocenters. The third-order valence-corrected chi connectivity index (χ3v) is 5.83. The van der Waals surface area contributed by atoms with Crippen molar-refractivity contribution in [2.75, 3.05) is 25.6 Å². The molecule has 0 saturated carbocycles. The maximum Gasteiger partial charge on any atom is 0.314 e. The molecule has 0 radical (unpaired) electrons. The Morgan fingerprint density at radius 2 is 1.41 bits per heavy atom. The maximum atomic E-state index is 13.0. The summed E-state index contributed by atoms with van der Waals surface area (Å²) in [7, 11) is 0.376. The third kappa shape index (κ3) is 3.38. The SMILES string of the molecule is COc1cc(OC)cc(N(C)S(=O)(=O)c2ccc3[nH]c(=O)c(=O)[nH]c3c2)c1. The Labute approximate surface area is 154 Å². The number of benzene rings is 2. The zero-order valence-electron chi connectivity index (χ0n) is 14.8. The van der Waals surface area contributed by atoms with Crippen LogP contribution in [0.15, 0.2) is 50.9 Å². The van der Waals surface area contributed by atoms with Crippen LogP contribution in [0, 0.1) is 0 Å². The number of sulfonamides is 1. The van der Waals surface area contributed by atoms with Crippen molar-refractivity contribution in [1.29, 1.82) is 0 Å². The van der Waals surface area contributed by atoms with Gasteiger partial charge in [0, 0.05) is 25.2 Å². The second kappa shape index (κ2) is 6.80. The van der Waals surface area contributed by atoms with Gasteiger partial charge in [-0.05, 0) is 18.2 Å². The molecule has 0 amide bonds. The van der Waals surface area contributed by atoms with Gasteiger partial charge in [0.15, 0.2) is 0 Å². The van der Waals surface area contributed by atoms with E-state index in [1.807, 2.05) is 0 Å². The summed E-state index contributed by atoms with van der Waals surface area (Å²) < 4.78 is 37.4. The van der Waals surface area contributed by atoms with Crippen molar-refractivity contribution in [2.24, 2.45) is 0 Å². The smallest absolute Gasteiger partial charge is 0.314 e. The predicted molar refractivity (Wildman–Crippen MR) is 100 cm³/mol. The number of methoxy groups -OCH3 is 2. The summed E-state index contributed by atoms with van der Waals surface area (Å²) in [6, 6.07) is 8.79. The van der Waals surface area contributed by atoms with Crippen LogP contribution in [0.5, 0.6) is 11.5 Å². The average molecular weight is 391 g/mol. The minimum atomic E-state index is -3.95. The fourth-order valence-corrected chi connectivity index (χ4v) is 3.73. The molecule has 0 saturated heterocycles. The molecular weight excluding hydrogens is 374 g/mol. The molecule has 2 N–H and O–H groups in total. The topological polar surface area (TPSA) is 122 Å². The number of anilines is 1. The highest BCUT2D eigenvalue weighted by molar-refractivity contribution is 7.92. The highest BCUT2D eigenvalue weighted by Gasteiger charge is 2.23. The first-order chi connectivity index (χ1) is 12.8. The van der Waals surface area contributed by atoms with Crippen LogP contribution < -0.4 is 24.9 Å². The quantitative estimate of drug-likeness (QED) is 0.627. The van der Waals surface area contributed by atoms with Gasteiger partial charge in [0.25, 0.3) is 10.0 Å². The van der Waals surface area contributed by atoms with Crippen molar-refractivity contribution >= 4 is 26.7 Å². The Hall–Kier alpha value is -3.27. The van der Waals surface area contributed by atoms with Crippen LogP contribution in [0.4, 0.5) is 5.69 Å². The predicted octanol–water partition coefficient (Wildman–Crippen LogP) is 1.06. The van der Waals surface area contributed by atoms with Crippen LogP contribution in [0.25, 0.3) is 11.0 Å². The van der Waals surface area contributed by atoms with Gasteiger partial charge in [-0.15, -0.1) is 0 Å². The van der Waals surface area contributed by atoms with E-state index in [-0.39, 0.29) is 10.4 Å². The number of aromatic amines is 2. The molecule has 10 heteroatoms. The van der Waals surface area contributed by atoms with Gasteiger partial charge in [-0.2, -0.15) is 0 Å². The number of aromatic nitrogens is 2. The molecule has 0 spiro atoms. The lowest BCUT2D eigenvalue weighted by molar-refractivity contribution is 0.394. The Morgan fingerprint density at radius 1 is 0.852 bits per heavy atom. The zero-order chi connectivity index (χ0) is 19.8. The lowest BCUT2D eigenvalue weighted by Crippen LogP contribution is -2.29. The van der Waals surface area contributed by atoms with E-state index in [9.17, 15) is 18.0 Å². The molecule has 0 fully saturated rings. The number of nitrogens with zero attached hydrogens (tertiary/aromatic N) is 1. The number of rotatable bonds is 5. The molecule has 3 aromatic rings. The molecule has 0 unspecified atom stereocenters. The van der Waals surface area contributed by atoms with E-state index < -0.39 is 21.1 Å². The first-order valence-electron chi connectivity index (χ1n) is 7.74. The molecular formula is C17H17N3O6S. The molecule has 0 aliphatic heterocycles. The minimum Gasteiger partial charge on any atom is -0.497 e. The van der Waals surface area contributed by atoms with E-state index in [1.165, 1.54) is 39.5 Å². The number of fused-ring (bicyclic) bond motifs is 1. The van der Waals surface area contributed by atoms with Crippen molar-refractivity contribution in [3.63, 3.8) is 0 Å². The normalized spacial score (nSPS) is 11.4. The Balaban J connectivity index is 2.10. The van der Waals surface area contributed by atoms with Gasteiger partial charge in [-0.3, -0.25) is 13.9 Å². The third-order valence-electron chi connectivity index (χ3n) is 4.05. The van der Waals surface area contributed by atoms with Gasteiger partial charge in [-0.25, -0.2) is 8.42 Å². The Morgan fingerprint density at radius 3 is 1.96 bits per heavy atom. The number of H-pyrrole nitrogens is 2. The number of ether oxygens (including phenoxy) is 2. The van der Waals surface area contributed by atoms with Gasteiger partial charge in [-0.1, -0.05) is 0 Å². The minimum absolute atomic E-state index is 0.0537. The van der Waals surface area contributed by atoms with Crippen LogP contribution >= 0.6 is 0 Å². The van der Waals surface area contributed by atoms with Crippen molar-refractivity contribution < 1.29 is 17.9 Å². The monoisotopic (exact) mass is 391 g/mol. The van der Waals surface area contributed by atoms with Gasteiger partial charge >= 0.3 is 11.1 Å². The second-order valence-electron chi connectivity index (χ2n) is 5.66. The van der Waals surface area contributed by atoms with Gasteiger partial charge in [0.1, 0.15) is 11.5 Å². The van der Waals surface area contributed by atoms with Crippen LogP contribution in [-0.2, 0) is 10.0 Å². The summed E-state index contributed by atoms with van der Waals surface area (Å²) in [5.41, 5.74) is -0.801. The Kier molecular flexibility index (Phi) is 4.66. The summed E-state index contributed by atoms with van der Waals surface area (Å²) in [4.78, 5) is 27.6. The highest BCUT2D eigenvalue weighted by atomic mass is 32.2. The van der Waals surface area contributed by atoms with E-state index in [4.69, 9.17) is 9.47 Å². The fourth-order valence-electron chi connectivity index (χ4n) is 2.53. The van der Waals surface area contributed by atoms with Gasteiger partial charge < -0.3 is 19.4 Å². The second-order valence-corrected chi connectivity index (χ2v) is 7.63. The van der Waals surface area contributed by atoms with E-state index in [2.05, 4.69) is 9.97 Å². The molecule has 0 bridgehead atoms. The van der Waals surface area contributed by atoms with Crippen LogP contribution in [0.3, 0.4) is 0 Å². The largest absolute Gasteiger partial charge is 0.497 e. The zero-order valence-corrected chi connectivity index (χ0v) is 15.6. The number of hydrogen-bond donors (Lipinski definition) is 2. The lowest BCUT2D eigenvalue weighted by atomic mass is 10.3. The summed E-state index contributed by atoms with van der Waals surface area (Å²) in [5, 5.41) is 0. The standard InChI is InChI=1S/C17H17N3O6S/c1-20(10-6-11(25-2)8-12(7-10)26-3)27(23,24)13-4-5-14-15(9-13)19-17(22)16(21)18-14/h4-9H,1-3H3,(H,18,21)(H,19,22). The van der Waals surface area contributed by atoms with E-state index in [1.54, 1.807) is 18.2 Å². The van der Waals surface area contributed by atoms with Crippen LogP contribution in [0.1, 0.15) is 0 Å². The van der Waals surface area contributed by atoms with Crippen molar-refractivity contribution in [1.82, 2.24) is 9.97 Å². The van der Waals surface area contributed by atoms with Gasteiger partial charge in [0.2, 0.25) is 0 Å². The van der Waals surface area contributed by atoms with Crippen molar-refractivity contribution in [2.45, 2.75) is 4.90 Å². The molecule has 142 valence electrons. The molecule has 9 nitrogen and oxygen atoms in total. The number of hydrogen-bond acceptors (Lipinski definition) is 6. The summed E-state index contributed by atoms with van der Waals surface area (Å²) in [5.74, 6) is 0.874. The van der Waals surface area contributed by atoms with Crippen LogP contribution in [0.2, 0.25) is 0 Å². The van der Waals surface area contributed by atoms with E-state index in [0.717, 1.165) is 4.31 Å². The molecule has 2 aromatic carbocycles. The summed E-state index contributed by atoms with van der Waals surface area (Å²) in [6.07, 6.45) is 0. The molecule has 27 heavy (non-hydrogen) atoms. The van der Waals surface area contributed by atoms with Gasteiger partial charge in [0.05, 0.1) is 35.8 Å². The summed E-state index contributed by atoms with van der Waals surface area (Å²) in [6.45, 7) is 0. The first kappa shape index (κ1) is 18.5. The van der Waals surface area contributed by atoms with E-state index in [0.29, 0.717) is 22.7 Å². The first-order valence-corrected chi connectivity index (χ1v) is 9.18. The van der Waals surface area contributed by atoms with Crippen LogP contribution in [-0.4, -0.2) is 39.7 Å². The molecule has 0 aliphatic rings. The fraction of sp³-hybridized carbons (Fsp3) is 0.176. The molecule has 3 rings (SSSR count).